The van der Waals surface area contributed by atoms with E-state index in [0.29, 0.717) is 11.3 Å². The quantitative estimate of drug-likeness (QED) is 0.481. The van der Waals surface area contributed by atoms with Crippen LogP contribution in [0.15, 0.2) is 78.9 Å². The second-order valence-electron chi connectivity index (χ2n) is 8.35. The van der Waals surface area contributed by atoms with Crippen LogP contribution >= 0.6 is 0 Å². The molecule has 3 N–H and O–H groups in total. The van der Waals surface area contributed by atoms with Crippen LogP contribution in [0, 0.1) is 0 Å². The summed E-state index contributed by atoms with van der Waals surface area (Å²) in [5.41, 5.74) is 4.11. The molecule has 7 nitrogen and oxygen atoms in total. The number of carbonyl (C=O) groups excluding carboxylic acids is 2. The Hall–Kier alpha value is -3.68. The molecule has 1 aliphatic rings. The molecule has 1 unspecified atom stereocenters. The molecule has 0 aromatic heterocycles. The van der Waals surface area contributed by atoms with Crippen LogP contribution in [0.3, 0.4) is 0 Å². The number of amides is 3. The molecule has 1 aliphatic heterocycles. The van der Waals surface area contributed by atoms with Crippen molar-refractivity contribution in [2.75, 3.05) is 36.9 Å². The van der Waals surface area contributed by atoms with Crippen molar-refractivity contribution in [2.24, 2.45) is 0 Å². The Morgan fingerprint density at radius 1 is 0.882 bits per heavy atom. The van der Waals surface area contributed by atoms with Gasteiger partial charge in [-0.2, -0.15) is 0 Å². The van der Waals surface area contributed by atoms with Gasteiger partial charge in [-0.25, -0.2) is 4.79 Å². The van der Waals surface area contributed by atoms with Gasteiger partial charge >= 0.3 is 6.03 Å². The lowest BCUT2D eigenvalue weighted by Gasteiger charge is -2.26. The molecule has 0 bridgehead atoms. The minimum absolute atomic E-state index is 0.110. The van der Waals surface area contributed by atoms with Crippen molar-refractivity contribution in [1.82, 2.24) is 10.2 Å². The van der Waals surface area contributed by atoms with Gasteiger partial charge in [0.25, 0.3) is 5.91 Å². The van der Waals surface area contributed by atoms with Crippen LogP contribution in [0.1, 0.15) is 34.5 Å². The Balaban J connectivity index is 1.30. The van der Waals surface area contributed by atoms with Crippen molar-refractivity contribution in [3.8, 4) is 0 Å². The number of anilines is 2. The van der Waals surface area contributed by atoms with Gasteiger partial charge in [0.15, 0.2) is 0 Å². The van der Waals surface area contributed by atoms with Crippen molar-refractivity contribution in [3.05, 3.63) is 95.6 Å². The number of nitrogens with zero attached hydrogens (tertiary/aromatic N) is 1. The summed E-state index contributed by atoms with van der Waals surface area (Å²) in [4.78, 5) is 27.3. The third-order valence-electron chi connectivity index (χ3n) is 5.75. The number of rotatable bonds is 7. The van der Waals surface area contributed by atoms with Crippen LogP contribution in [0.25, 0.3) is 0 Å². The van der Waals surface area contributed by atoms with Crippen molar-refractivity contribution < 1.29 is 14.3 Å². The largest absolute Gasteiger partial charge is 0.379 e. The van der Waals surface area contributed by atoms with E-state index in [-0.39, 0.29) is 18.0 Å². The highest BCUT2D eigenvalue weighted by Crippen LogP contribution is 2.18. The van der Waals surface area contributed by atoms with Crippen molar-refractivity contribution in [3.63, 3.8) is 0 Å². The summed E-state index contributed by atoms with van der Waals surface area (Å²) in [5, 5.41) is 8.66. The lowest BCUT2D eigenvalue weighted by molar-refractivity contribution is 0.0342. The molecule has 3 aromatic carbocycles. The molecule has 176 valence electrons. The first-order valence-electron chi connectivity index (χ1n) is 11.5. The van der Waals surface area contributed by atoms with Gasteiger partial charge in [0.2, 0.25) is 0 Å². The number of ether oxygens (including phenoxy) is 1. The molecule has 34 heavy (non-hydrogen) atoms. The molecular weight excluding hydrogens is 428 g/mol. The molecular formula is C27H30N4O3. The summed E-state index contributed by atoms with van der Waals surface area (Å²) < 4.78 is 5.41. The summed E-state index contributed by atoms with van der Waals surface area (Å²) in [5.74, 6) is -0.110. The first-order valence-corrected chi connectivity index (χ1v) is 11.5. The Bertz CT molecular complexity index is 1100. The molecule has 7 heteroatoms. The minimum atomic E-state index is -0.308. The summed E-state index contributed by atoms with van der Waals surface area (Å²) in [6.45, 7) is 6.08. The molecule has 1 atom stereocenters. The number of hydrogen-bond acceptors (Lipinski definition) is 4. The van der Waals surface area contributed by atoms with Crippen LogP contribution in [0.4, 0.5) is 16.2 Å². The van der Waals surface area contributed by atoms with E-state index in [2.05, 4.69) is 26.9 Å². The second-order valence-corrected chi connectivity index (χ2v) is 8.35. The minimum Gasteiger partial charge on any atom is -0.379 e. The average molecular weight is 459 g/mol. The third kappa shape index (κ3) is 6.66. The molecule has 0 aliphatic carbocycles. The van der Waals surface area contributed by atoms with E-state index in [4.69, 9.17) is 4.74 Å². The van der Waals surface area contributed by atoms with Crippen molar-refractivity contribution in [1.29, 1.82) is 0 Å². The normalized spacial score (nSPS) is 14.7. The van der Waals surface area contributed by atoms with Crippen LogP contribution < -0.4 is 16.0 Å². The number of morpholine rings is 1. The number of hydrogen-bond donors (Lipinski definition) is 3. The number of para-hydroxylation sites is 1. The van der Waals surface area contributed by atoms with Gasteiger partial charge < -0.3 is 20.7 Å². The molecule has 1 saturated heterocycles. The summed E-state index contributed by atoms with van der Waals surface area (Å²) >= 11 is 0. The van der Waals surface area contributed by atoms with Gasteiger partial charge in [-0.15, -0.1) is 0 Å². The average Bonchev–Trinajstić information content (AvgIpc) is 2.86. The molecule has 4 rings (SSSR count). The van der Waals surface area contributed by atoms with Crippen molar-refractivity contribution >= 4 is 23.3 Å². The zero-order valence-corrected chi connectivity index (χ0v) is 19.3. The molecule has 3 aromatic rings. The molecule has 1 heterocycles. The van der Waals surface area contributed by atoms with Crippen LogP contribution in [0.5, 0.6) is 0 Å². The number of nitrogens with one attached hydrogen (secondary N) is 3. The molecule has 0 radical (unpaired) electrons. The maximum atomic E-state index is 12.8. The Kier molecular flexibility index (Phi) is 7.91. The summed E-state index contributed by atoms with van der Waals surface area (Å²) in [7, 11) is 0. The lowest BCUT2D eigenvalue weighted by atomic mass is 10.1. The van der Waals surface area contributed by atoms with Gasteiger partial charge in [0.1, 0.15) is 0 Å². The van der Waals surface area contributed by atoms with E-state index in [1.807, 2.05) is 79.7 Å². The molecule has 0 spiro atoms. The van der Waals surface area contributed by atoms with Crippen LogP contribution in [-0.4, -0.2) is 43.1 Å². The fourth-order valence-corrected chi connectivity index (χ4v) is 3.86. The predicted molar refractivity (Wildman–Crippen MR) is 134 cm³/mol. The summed E-state index contributed by atoms with van der Waals surface area (Å²) in [6, 6.07) is 24.0. The summed E-state index contributed by atoms with van der Waals surface area (Å²) in [6.07, 6.45) is 0. The van der Waals surface area contributed by atoms with E-state index in [1.54, 1.807) is 0 Å². The SMILES string of the molecule is CC(NC(=O)c1cccc(CN2CCOCC2)c1)c1ccc(NC(=O)Nc2ccccc2)cc1. The number of benzene rings is 3. The maximum absolute atomic E-state index is 12.8. The Labute approximate surface area is 200 Å². The van der Waals surface area contributed by atoms with Crippen LogP contribution in [-0.2, 0) is 11.3 Å². The van der Waals surface area contributed by atoms with Crippen LogP contribution in [0.2, 0.25) is 0 Å². The lowest BCUT2D eigenvalue weighted by Crippen LogP contribution is -2.35. The first-order chi connectivity index (χ1) is 16.6. The smallest absolute Gasteiger partial charge is 0.323 e. The topological polar surface area (TPSA) is 82.7 Å². The van der Waals surface area contributed by atoms with Gasteiger partial charge in [-0.3, -0.25) is 9.69 Å². The fraction of sp³-hybridized carbons (Fsp3) is 0.259. The Morgan fingerprint density at radius 2 is 1.56 bits per heavy atom. The maximum Gasteiger partial charge on any atom is 0.323 e. The van der Waals surface area contributed by atoms with Gasteiger partial charge in [-0.1, -0.05) is 42.5 Å². The van der Waals surface area contributed by atoms with E-state index in [9.17, 15) is 9.59 Å². The van der Waals surface area contributed by atoms with E-state index in [0.717, 1.165) is 49.7 Å². The van der Waals surface area contributed by atoms with Gasteiger partial charge in [0.05, 0.1) is 19.3 Å². The van der Waals surface area contributed by atoms with E-state index < -0.39 is 0 Å². The zero-order chi connectivity index (χ0) is 23.8. The highest BCUT2D eigenvalue weighted by molar-refractivity contribution is 5.99. The van der Waals surface area contributed by atoms with Gasteiger partial charge in [-0.05, 0) is 54.4 Å². The monoisotopic (exact) mass is 458 g/mol. The third-order valence-corrected chi connectivity index (χ3v) is 5.75. The molecule has 1 fully saturated rings. The second kappa shape index (κ2) is 11.4. The predicted octanol–water partition coefficient (Wildman–Crippen LogP) is 4.65. The highest BCUT2D eigenvalue weighted by Gasteiger charge is 2.14. The number of urea groups is 1. The highest BCUT2D eigenvalue weighted by atomic mass is 16.5. The zero-order valence-electron chi connectivity index (χ0n) is 19.3. The standard InChI is InChI=1S/C27H30N4O3/c1-20(22-10-12-25(13-11-22)30-27(33)29-24-8-3-2-4-9-24)28-26(32)23-7-5-6-21(18-23)19-31-14-16-34-17-15-31/h2-13,18,20H,14-17,19H2,1H3,(H,28,32)(H2,29,30,33). The molecule has 3 amide bonds. The van der Waals surface area contributed by atoms with E-state index >= 15 is 0 Å². The molecule has 0 saturated carbocycles. The van der Waals surface area contributed by atoms with Crippen molar-refractivity contribution in [2.45, 2.75) is 19.5 Å². The number of carbonyl (C=O) groups is 2. The Morgan fingerprint density at radius 3 is 2.26 bits per heavy atom. The van der Waals surface area contributed by atoms with Gasteiger partial charge in [0, 0.05) is 36.6 Å². The fourth-order valence-electron chi connectivity index (χ4n) is 3.86. The van der Waals surface area contributed by atoms with E-state index in [1.165, 1.54) is 0 Å². The first kappa shape index (κ1) is 23.5.